The molecule has 3 nitrogen and oxygen atoms in total. The number of hydrogen-bond donors (Lipinski definition) is 1. The molecule has 0 bridgehead atoms. The first-order chi connectivity index (χ1) is 10.2. The summed E-state index contributed by atoms with van der Waals surface area (Å²) in [5.74, 6) is -0.477. The summed E-state index contributed by atoms with van der Waals surface area (Å²) < 4.78 is 38.4. The Kier molecular flexibility index (Phi) is 4.80. The molecule has 0 aliphatic heterocycles. The van der Waals surface area contributed by atoms with Crippen molar-refractivity contribution in [1.82, 2.24) is 4.90 Å². The van der Waals surface area contributed by atoms with Crippen molar-refractivity contribution in [1.29, 1.82) is 0 Å². The van der Waals surface area contributed by atoms with E-state index in [1.165, 1.54) is 11.0 Å². The van der Waals surface area contributed by atoms with Crippen molar-refractivity contribution < 1.29 is 23.1 Å². The first kappa shape index (κ1) is 16.8. The quantitative estimate of drug-likeness (QED) is 0.909. The highest BCUT2D eigenvalue weighted by molar-refractivity contribution is 5.96. The van der Waals surface area contributed by atoms with Crippen LogP contribution in [0.2, 0.25) is 0 Å². The number of benzene rings is 1. The Labute approximate surface area is 127 Å². The number of alkyl halides is 3. The van der Waals surface area contributed by atoms with Gasteiger partial charge in [-0.1, -0.05) is 18.9 Å². The highest BCUT2D eigenvalue weighted by atomic mass is 19.4. The van der Waals surface area contributed by atoms with Gasteiger partial charge in [0.15, 0.2) is 0 Å². The summed E-state index contributed by atoms with van der Waals surface area (Å²) in [5.41, 5.74) is -0.302. The first-order valence-electron chi connectivity index (χ1n) is 7.35. The standard InChI is InChI=1S/C16H20F3NO2/c1-10-7-8-11(16(17,18)19)9-12(10)15(22)20(2)13-5-3-4-6-14(13)21/h7-9,13-14,21H,3-6H2,1-2H3/t13-,14+/m1/s1. The van der Waals surface area contributed by atoms with Crippen molar-refractivity contribution in [2.45, 2.75) is 50.9 Å². The van der Waals surface area contributed by atoms with Crippen LogP contribution in [-0.4, -0.2) is 35.1 Å². The number of amides is 1. The minimum atomic E-state index is -4.48. The smallest absolute Gasteiger partial charge is 0.391 e. The molecular formula is C16H20F3NO2. The maximum atomic E-state index is 12.8. The van der Waals surface area contributed by atoms with E-state index in [1.807, 2.05) is 0 Å². The summed E-state index contributed by atoms with van der Waals surface area (Å²) in [6.07, 6.45) is -2.01. The Morgan fingerprint density at radius 3 is 2.50 bits per heavy atom. The van der Waals surface area contributed by atoms with Gasteiger partial charge in [0.1, 0.15) is 0 Å². The van der Waals surface area contributed by atoms with Crippen molar-refractivity contribution in [3.63, 3.8) is 0 Å². The van der Waals surface area contributed by atoms with Crippen LogP contribution in [-0.2, 0) is 6.18 Å². The number of nitrogens with zero attached hydrogens (tertiary/aromatic N) is 1. The third-order valence-corrected chi connectivity index (χ3v) is 4.31. The lowest BCUT2D eigenvalue weighted by molar-refractivity contribution is -0.137. The Morgan fingerprint density at radius 2 is 1.91 bits per heavy atom. The van der Waals surface area contributed by atoms with Gasteiger partial charge in [0.25, 0.3) is 5.91 Å². The van der Waals surface area contributed by atoms with Crippen molar-refractivity contribution in [3.8, 4) is 0 Å². The lowest BCUT2D eigenvalue weighted by atomic mass is 9.91. The summed E-state index contributed by atoms with van der Waals surface area (Å²) in [6.45, 7) is 1.61. The Hall–Kier alpha value is -1.56. The molecule has 1 aromatic rings. The summed E-state index contributed by atoms with van der Waals surface area (Å²) >= 11 is 0. The zero-order valence-corrected chi connectivity index (χ0v) is 12.7. The molecule has 2 rings (SSSR count). The topological polar surface area (TPSA) is 40.5 Å². The number of carbonyl (C=O) groups is 1. The van der Waals surface area contributed by atoms with Crippen molar-refractivity contribution in [2.75, 3.05) is 7.05 Å². The third-order valence-electron chi connectivity index (χ3n) is 4.31. The fourth-order valence-corrected chi connectivity index (χ4v) is 2.91. The zero-order valence-electron chi connectivity index (χ0n) is 12.7. The highest BCUT2D eigenvalue weighted by Crippen LogP contribution is 2.31. The number of hydrogen-bond acceptors (Lipinski definition) is 2. The van der Waals surface area contributed by atoms with Gasteiger partial charge in [-0.05, 0) is 37.5 Å². The summed E-state index contributed by atoms with van der Waals surface area (Å²) in [5, 5.41) is 10.0. The van der Waals surface area contributed by atoms with Gasteiger partial charge in [-0.15, -0.1) is 0 Å². The second kappa shape index (κ2) is 6.28. The molecule has 1 fully saturated rings. The minimum absolute atomic E-state index is 0.0371. The van der Waals surface area contributed by atoms with Crippen molar-refractivity contribution >= 4 is 5.91 Å². The van der Waals surface area contributed by atoms with E-state index in [1.54, 1.807) is 14.0 Å². The molecular weight excluding hydrogens is 295 g/mol. The van der Waals surface area contributed by atoms with Gasteiger partial charge in [0.05, 0.1) is 17.7 Å². The normalized spacial score (nSPS) is 22.5. The fourth-order valence-electron chi connectivity index (χ4n) is 2.91. The molecule has 1 saturated carbocycles. The van der Waals surface area contributed by atoms with E-state index < -0.39 is 23.8 Å². The summed E-state index contributed by atoms with van der Waals surface area (Å²) in [6, 6.07) is 2.83. The fraction of sp³-hybridized carbons (Fsp3) is 0.562. The van der Waals surface area contributed by atoms with E-state index in [0.717, 1.165) is 25.0 Å². The molecule has 1 amide bonds. The predicted octanol–water partition coefficient (Wildman–Crippen LogP) is 3.39. The van der Waals surface area contributed by atoms with E-state index >= 15 is 0 Å². The molecule has 1 aliphatic carbocycles. The molecule has 0 spiro atoms. The van der Waals surface area contributed by atoms with Crippen LogP contribution in [0.3, 0.4) is 0 Å². The SMILES string of the molecule is Cc1ccc(C(F)(F)F)cc1C(=O)N(C)[C@@H]1CCCC[C@@H]1O. The van der Waals surface area contributed by atoms with Gasteiger partial charge in [-0.2, -0.15) is 13.2 Å². The molecule has 0 heterocycles. The molecule has 1 N–H and O–H groups in total. The average molecular weight is 315 g/mol. The number of aliphatic hydroxyl groups excluding tert-OH is 1. The molecule has 0 aromatic heterocycles. The van der Waals surface area contributed by atoms with E-state index in [0.29, 0.717) is 18.4 Å². The summed E-state index contributed by atoms with van der Waals surface area (Å²) in [4.78, 5) is 13.9. The van der Waals surface area contributed by atoms with Crippen LogP contribution in [0.25, 0.3) is 0 Å². The van der Waals surface area contributed by atoms with Crippen LogP contribution in [0.5, 0.6) is 0 Å². The zero-order chi connectivity index (χ0) is 16.5. The van der Waals surface area contributed by atoms with Gasteiger partial charge in [-0.25, -0.2) is 0 Å². The second-order valence-corrected chi connectivity index (χ2v) is 5.86. The predicted molar refractivity (Wildman–Crippen MR) is 76.5 cm³/mol. The van der Waals surface area contributed by atoms with E-state index in [-0.39, 0.29) is 11.6 Å². The number of carbonyl (C=O) groups excluding carboxylic acids is 1. The summed E-state index contributed by atoms with van der Waals surface area (Å²) in [7, 11) is 1.54. The van der Waals surface area contributed by atoms with E-state index in [4.69, 9.17) is 0 Å². The van der Waals surface area contributed by atoms with Gasteiger partial charge in [-0.3, -0.25) is 4.79 Å². The Balaban J connectivity index is 2.28. The maximum Gasteiger partial charge on any atom is 0.416 e. The number of likely N-dealkylation sites (N-methyl/N-ethyl adjacent to an activating group) is 1. The van der Waals surface area contributed by atoms with Crippen molar-refractivity contribution in [3.05, 3.63) is 34.9 Å². The maximum absolute atomic E-state index is 12.8. The highest BCUT2D eigenvalue weighted by Gasteiger charge is 2.34. The third kappa shape index (κ3) is 3.43. The van der Waals surface area contributed by atoms with Gasteiger partial charge >= 0.3 is 6.18 Å². The number of aliphatic hydroxyl groups is 1. The van der Waals surface area contributed by atoms with Crippen LogP contribution in [0, 0.1) is 6.92 Å². The van der Waals surface area contributed by atoms with Crippen LogP contribution in [0.1, 0.15) is 47.2 Å². The molecule has 0 radical (unpaired) electrons. The molecule has 1 aromatic carbocycles. The molecule has 6 heteroatoms. The van der Waals surface area contributed by atoms with Crippen LogP contribution in [0.15, 0.2) is 18.2 Å². The molecule has 0 unspecified atom stereocenters. The Bertz CT molecular complexity index is 557. The minimum Gasteiger partial charge on any atom is -0.391 e. The largest absolute Gasteiger partial charge is 0.416 e. The number of aryl methyl sites for hydroxylation is 1. The number of rotatable bonds is 2. The van der Waals surface area contributed by atoms with Gasteiger partial charge in [0.2, 0.25) is 0 Å². The first-order valence-corrected chi connectivity index (χ1v) is 7.35. The molecule has 2 atom stereocenters. The van der Waals surface area contributed by atoms with E-state index in [9.17, 15) is 23.1 Å². The van der Waals surface area contributed by atoms with Crippen molar-refractivity contribution in [2.24, 2.45) is 0 Å². The van der Waals surface area contributed by atoms with Crippen LogP contribution >= 0.6 is 0 Å². The Morgan fingerprint density at radius 1 is 1.27 bits per heavy atom. The van der Waals surface area contributed by atoms with Gasteiger partial charge in [0, 0.05) is 12.6 Å². The molecule has 1 aliphatic rings. The van der Waals surface area contributed by atoms with Crippen LogP contribution in [0.4, 0.5) is 13.2 Å². The molecule has 122 valence electrons. The lowest BCUT2D eigenvalue weighted by Crippen LogP contribution is -2.46. The monoisotopic (exact) mass is 315 g/mol. The number of halogens is 3. The second-order valence-electron chi connectivity index (χ2n) is 5.86. The van der Waals surface area contributed by atoms with Gasteiger partial charge < -0.3 is 10.0 Å². The van der Waals surface area contributed by atoms with E-state index in [2.05, 4.69) is 0 Å². The molecule has 0 saturated heterocycles. The molecule has 22 heavy (non-hydrogen) atoms. The lowest BCUT2D eigenvalue weighted by Gasteiger charge is -2.35. The van der Waals surface area contributed by atoms with Crippen LogP contribution < -0.4 is 0 Å². The average Bonchev–Trinajstić information content (AvgIpc) is 2.45.